The van der Waals surface area contributed by atoms with E-state index in [1.807, 2.05) is 0 Å². The molecule has 1 fully saturated rings. The zero-order valence-corrected chi connectivity index (χ0v) is 18.8. The highest BCUT2D eigenvalue weighted by atomic mass is 19.4. The first-order valence-electron chi connectivity index (χ1n) is 10.8. The van der Waals surface area contributed by atoms with E-state index in [0.29, 0.717) is 22.3 Å². The summed E-state index contributed by atoms with van der Waals surface area (Å²) in [7, 11) is 0. The quantitative estimate of drug-likeness (QED) is 0.406. The molecule has 0 spiro atoms. The van der Waals surface area contributed by atoms with Gasteiger partial charge in [0.2, 0.25) is 11.9 Å². The molecule has 1 aliphatic heterocycles. The number of likely N-dealkylation sites (tertiary alicyclic amines) is 1. The van der Waals surface area contributed by atoms with Crippen LogP contribution in [0.2, 0.25) is 0 Å². The van der Waals surface area contributed by atoms with Gasteiger partial charge in [-0.2, -0.15) is 18.2 Å². The van der Waals surface area contributed by atoms with E-state index in [9.17, 15) is 26.7 Å². The summed E-state index contributed by atoms with van der Waals surface area (Å²) in [5.41, 5.74) is 7.54. The molecule has 0 aromatic carbocycles. The number of rotatable bonds is 4. The first kappa shape index (κ1) is 23.7. The molecule has 0 radical (unpaired) electrons. The molecule has 36 heavy (non-hydrogen) atoms. The molecule has 0 bridgehead atoms. The van der Waals surface area contributed by atoms with Crippen LogP contribution in [0.15, 0.2) is 30.7 Å². The number of imidazole rings is 1. The van der Waals surface area contributed by atoms with E-state index >= 15 is 0 Å². The van der Waals surface area contributed by atoms with Crippen molar-refractivity contribution in [3.05, 3.63) is 30.7 Å². The van der Waals surface area contributed by atoms with Crippen molar-refractivity contribution in [2.45, 2.75) is 38.0 Å². The molecule has 1 amide bonds. The molecule has 190 valence electrons. The Labute approximate surface area is 199 Å². The summed E-state index contributed by atoms with van der Waals surface area (Å²) in [5.74, 6) is -3.81. The van der Waals surface area contributed by atoms with Crippen molar-refractivity contribution in [2.24, 2.45) is 0 Å². The lowest BCUT2D eigenvalue weighted by Crippen LogP contribution is -2.55. The molecule has 1 aliphatic rings. The fourth-order valence-electron chi connectivity index (χ4n) is 4.26. The van der Waals surface area contributed by atoms with Crippen LogP contribution in [-0.2, 0) is 11.3 Å². The van der Waals surface area contributed by atoms with E-state index in [-0.39, 0.29) is 30.4 Å². The van der Waals surface area contributed by atoms with Gasteiger partial charge in [-0.1, -0.05) is 0 Å². The number of piperidine rings is 1. The second-order valence-corrected chi connectivity index (χ2v) is 8.56. The molecule has 4 aromatic heterocycles. The van der Waals surface area contributed by atoms with Gasteiger partial charge in [0.25, 0.3) is 5.92 Å². The van der Waals surface area contributed by atoms with Crippen molar-refractivity contribution in [3.63, 3.8) is 0 Å². The second-order valence-electron chi connectivity index (χ2n) is 8.56. The van der Waals surface area contributed by atoms with Crippen LogP contribution in [0.25, 0.3) is 27.9 Å². The molecule has 15 heteroatoms. The van der Waals surface area contributed by atoms with Gasteiger partial charge in [-0.15, -0.1) is 5.10 Å². The summed E-state index contributed by atoms with van der Waals surface area (Å²) in [6, 6.07) is 3.41. The summed E-state index contributed by atoms with van der Waals surface area (Å²) < 4.78 is 70.2. The minimum Gasteiger partial charge on any atom is -0.382 e. The third kappa shape index (κ3) is 4.35. The molecular weight excluding hydrogens is 489 g/mol. The van der Waals surface area contributed by atoms with E-state index in [4.69, 9.17) is 5.73 Å². The minimum atomic E-state index is -4.45. The Balaban J connectivity index is 1.45. The van der Waals surface area contributed by atoms with Gasteiger partial charge in [-0.3, -0.25) is 4.79 Å². The SMILES string of the molecule is CC(=O)N1CC[C@@H](Nc2nc(N)c3c(-c4ccc5ncn(CC(F)(F)F)c5n4)ccn3n2)C(F)(F)C1. The van der Waals surface area contributed by atoms with Crippen molar-refractivity contribution >= 4 is 34.4 Å². The molecule has 0 aliphatic carbocycles. The Bertz CT molecular complexity index is 1460. The number of nitrogen functional groups attached to an aromatic ring is 1. The van der Waals surface area contributed by atoms with E-state index in [2.05, 4.69) is 25.4 Å². The number of carbonyl (C=O) groups is 1. The Morgan fingerprint density at radius 1 is 1.25 bits per heavy atom. The highest BCUT2D eigenvalue weighted by Crippen LogP contribution is 2.32. The number of pyridine rings is 1. The van der Waals surface area contributed by atoms with Crippen LogP contribution in [0, 0.1) is 0 Å². The Morgan fingerprint density at radius 2 is 2.03 bits per heavy atom. The summed E-state index contributed by atoms with van der Waals surface area (Å²) in [4.78, 5) is 25.0. The van der Waals surface area contributed by atoms with Crippen molar-refractivity contribution in [3.8, 4) is 11.3 Å². The summed E-state index contributed by atoms with van der Waals surface area (Å²) in [6.07, 6.45) is -1.88. The molecule has 0 unspecified atom stereocenters. The topological polar surface area (TPSA) is 119 Å². The van der Waals surface area contributed by atoms with Crippen LogP contribution in [0.1, 0.15) is 13.3 Å². The monoisotopic (exact) mass is 509 g/mol. The maximum absolute atomic E-state index is 14.6. The van der Waals surface area contributed by atoms with Gasteiger partial charge in [-0.25, -0.2) is 23.3 Å². The van der Waals surface area contributed by atoms with Gasteiger partial charge < -0.3 is 20.5 Å². The Hall–Kier alpha value is -4.04. The zero-order valence-electron chi connectivity index (χ0n) is 18.8. The summed E-state index contributed by atoms with van der Waals surface area (Å²) in [5, 5.41) is 6.84. The fraction of sp³-hybridized carbons (Fsp3) is 0.381. The number of alkyl halides is 5. The molecular formula is C21H20F5N9O. The van der Waals surface area contributed by atoms with Crippen molar-refractivity contribution in [1.82, 2.24) is 34.0 Å². The third-order valence-corrected chi connectivity index (χ3v) is 5.97. The number of nitrogens with one attached hydrogen (secondary N) is 1. The van der Waals surface area contributed by atoms with Gasteiger partial charge in [0.05, 0.1) is 24.6 Å². The van der Waals surface area contributed by atoms with Gasteiger partial charge in [-0.05, 0) is 24.6 Å². The second kappa shape index (κ2) is 8.27. The zero-order chi connectivity index (χ0) is 25.8. The number of halogens is 5. The normalized spacial score (nSPS) is 18.2. The van der Waals surface area contributed by atoms with Gasteiger partial charge >= 0.3 is 6.18 Å². The maximum atomic E-state index is 14.6. The molecule has 10 nitrogen and oxygen atoms in total. The van der Waals surface area contributed by atoms with Crippen molar-refractivity contribution in [2.75, 3.05) is 24.1 Å². The van der Waals surface area contributed by atoms with E-state index in [0.717, 1.165) is 15.8 Å². The first-order chi connectivity index (χ1) is 16.9. The average Bonchev–Trinajstić information content (AvgIpc) is 3.38. The van der Waals surface area contributed by atoms with E-state index in [1.165, 1.54) is 23.7 Å². The lowest BCUT2D eigenvalue weighted by atomic mass is 10.0. The van der Waals surface area contributed by atoms with Gasteiger partial charge in [0, 0.05) is 25.2 Å². The summed E-state index contributed by atoms with van der Waals surface area (Å²) in [6.45, 7) is -0.563. The molecule has 0 saturated carbocycles. The van der Waals surface area contributed by atoms with Crippen LogP contribution in [0.5, 0.6) is 0 Å². The smallest absolute Gasteiger partial charge is 0.382 e. The maximum Gasteiger partial charge on any atom is 0.406 e. The Morgan fingerprint density at radius 3 is 2.72 bits per heavy atom. The number of amides is 1. The van der Waals surface area contributed by atoms with Gasteiger partial charge in [0.15, 0.2) is 11.5 Å². The number of anilines is 2. The molecule has 1 atom stereocenters. The molecule has 3 N–H and O–H groups in total. The van der Waals surface area contributed by atoms with Crippen LogP contribution in [0.4, 0.5) is 33.7 Å². The number of nitrogens with two attached hydrogens (primary N) is 1. The molecule has 5 heterocycles. The van der Waals surface area contributed by atoms with Crippen LogP contribution in [-0.4, -0.2) is 71.2 Å². The highest BCUT2D eigenvalue weighted by molar-refractivity contribution is 5.88. The van der Waals surface area contributed by atoms with Crippen molar-refractivity contribution in [1.29, 1.82) is 0 Å². The number of fused-ring (bicyclic) bond motifs is 2. The number of hydrogen-bond acceptors (Lipinski definition) is 7. The van der Waals surface area contributed by atoms with Crippen LogP contribution < -0.4 is 11.1 Å². The van der Waals surface area contributed by atoms with Gasteiger partial charge in [0.1, 0.15) is 17.6 Å². The third-order valence-electron chi connectivity index (χ3n) is 5.97. The van der Waals surface area contributed by atoms with E-state index in [1.54, 1.807) is 12.1 Å². The Kier molecular flexibility index (Phi) is 5.44. The lowest BCUT2D eigenvalue weighted by molar-refractivity contribution is -0.140. The average molecular weight is 509 g/mol. The van der Waals surface area contributed by atoms with Crippen LogP contribution >= 0.6 is 0 Å². The lowest BCUT2D eigenvalue weighted by Gasteiger charge is -2.38. The first-order valence-corrected chi connectivity index (χ1v) is 10.8. The molecule has 4 aromatic rings. The van der Waals surface area contributed by atoms with Crippen molar-refractivity contribution < 1.29 is 26.7 Å². The number of hydrogen-bond donors (Lipinski definition) is 2. The highest BCUT2D eigenvalue weighted by Gasteiger charge is 2.45. The van der Waals surface area contributed by atoms with Crippen LogP contribution in [0.3, 0.4) is 0 Å². The number of carbonyl (C=O) groups excluding carboxylic acids is 1. The standard InChI is InChI=1S/C21H20F5N9O/c1-11(36)33-6-5-15(20(22,23)8-33)30-19-31-17(27)16-12(4-7-35(16)32-19)13-2-3-14-18(29-13)34(10-28-14)9-21(24,25)26/h2-4,7,10,15H,5-6,8-9H2,1H3,(H3,27,30,31,32)/t15-/m1/s1. The summed E-state index contributed by atoms with van der Waals surface area (Å²) >= 11 is 0. The largest absolute Gasteiger partial charge is 0.406 e. The predicted octanol–water partition coefficient (Wildman–Crippen LogP) is 2.95. The number of aromatic nitrogens is 6. The minimum absolute atomic E-state index is 0.0135. The number of nitrogens with zero attached hydrogens (tertiary/aromatic N) is 7. The fourth-order valence-corrected chi connectivity index (χ4v) is 4.26. The predicted molar refractivity (Wildman–Crippen MR) is 119 cm³/mol. The molecule has 1 saturated heterocycles. The molecule has 5 rings (SSSR count). The van der Waals surface area contributed by atoms with E-state index < -0.39 is 37.1 Å².